The van der Waals surface area contributed by atoms with E-state index in [0.717, 1.165) is 0 Å². The minimum absolute atomic E-state index is 0.571. The van der Waals surface area contributed by atoms with Crippen LogP contribution in [0.4, 0.5) is 0 Å². The molecule has 0 radical (unpaired) electrons. The number of hydrogen-bond acceptors (Lipinski definition) is 1. The highest BCUT2D eigenvalue weighted by Crippen LogP contribution is 2.37. The fourth-order valence-electron chi connectivity index (χ4n) is 2.50. The van der Waals surface area contributed by atoms with Gasteiger partial charge >= 0.3 is 0 Å². The van der Waals surface area contributed by atoms with E-state index < -0.39 is 0 Å². The zero-order valence-corrected chi connectivity index (χ0v) is 11.3. The van der Waals surface area contributed by atoms with Crippen LogP contribution >= 0.6 is 15.9 Å². The van der Waals surface area contributed by atoms with E-state index in [-0.39, 0.29) is 0 Å². The van der Waals surface area contributed by atoms with Crippen LogP contribution < -0.4 is 0 Å². The summed E-state index contributed by atoms with van der Waals surface area (Å²) in [7, 11) is 2.25. The average Bonchev–Trinajstić information content (AvgIpc) is 2.44. The van der Waals surface area contributed by atoms with Gasteiger partial charge in [0, 0.05) is 11.9 Å². The van der Waals surface area contributed by atoms with Crippen LogP contribution in [0.25, 0.3) is 0 Å². The van der Waals surface area contributed by atoms with Crippen LogP contribution in [-0.2, 0) is 0 Å². The first-order chi connectivity index (χ1) is 6.72. The molecular weight excluding hydrogens is 238 g/mol. The second-order valence-electron chi connectivity index (χ2n) is 4.88. The van der Waals surface area contributed by atoms with Crippen molar-refractivity contribution in [2.75, 3.05) is 25.5 Å². The fraction of sp³-hybridized carbons (Fsp3) is 1.00. The first kappa shape index (κ1) is 12.5. The van der Waals surface area contributed by atoms with Crippen LogP contribution in [0.1, 0.15) is 45.4 Å². The van der Waals surface area contributed by atoms with E-state index in [1.165, 1.54) is 56.9 Å². The van der Waals surface area contributed by atoms with Crippen LogP contribution in [0, 0.1) is 5.41 Å². The van der Waals surface area contributed by atoms with Crippen LogP contribution in [0.15, 0.2) is 0 Å². The number of alkyl halides is 1. The van der Waals surface area contributed by atoms with Crippen molar-refractivity contribution in [3.8, 4) is 0 Å². The summed E-state index contributed by atoms with van der Waals surface area (Å²) in [5, 5.41) is 1.18. The van der Waals surface area contributed by atoms with Gasteiger partial charge in [0.1, 0.15) is 0 Å². The smallest absolute Gasteiger partial charge is 0.0100 e. The number of halogens is 1. The Morgan fingerprint density at radius 1 is 1.14 bits per heavy atom. The second kappa shape index (κ2) is 6.12. The average molecular weight is 262 g/mol. The van der Waals surface area contributed by atoms with Crippen LogP contribution in [0.2, 0.25) is 0 Å². The minimum atomic E-state index is 0.571. The SMILES string of the molecule is CCN(C)CC1(CBr)CCCCCC1. The molecule has 0 spiro atoms. The van der Waals surface area contributed by atoms with Gasteiger partial charge in [-0.2, -0.15) is 0 Å². The van der Waals surface area contributed by atoms with Crippen molar-refractivity contribution in [3.05, 3.63) is 0 Å². The normalized spacial score (nSPS) is 22.3. The molecule has 0 unspecified atom stereocenters. The lowest BCUT2D eigenvalue weighted by atomic mass is 9.82. The predicted molar refractivity (Wildman–Crippen MR) is 67.1 cm³/mol. The molecule has 2 heteroatoms. The third-order valence-corrected chi connectivity index (χ3v) is 4.78. The molecule has 0 atom stereocenters. The Bertz CT molecular complexity index is 150. The van der Waals surface area contributed by atoms with E-state index in [9.17, 15) is 0 Å². The van der Waals surface area contributed by atoms with Crippen molar-refractivity contribution in [2.24, 2.45) is 5.41 Å². The van der Waals surface area contributed by atoms with E-state index in [2.05, 4.69) is 34.8 Å². The van der Waals surface area contributed by atoms with Gasteiger partial charge < -0.3 is 4.90 Å². The Morgan fingerprint density at radius 2 is 1.71 bits per heavy atom. The predicted octanol–water partition coefficient (Wildman–Crippen LogP) is 3.67. The molecule has 1 saturated carbocycles. The lowest BCUT2D eigenvalue weighted by Crippen LogP contribution is -2.36. The highest BCUT2D eigenvalue weighted by molar-refractivity contribution is 9.09. The van der Waals surface area contributed by atoms with Crippen LogP contribution in [0.5, 0.6) is 0 Å². The maximum atomic E-state index is 3.73. The Kier molecular flexibility index (Phi) is 5.47. The van der Waals surface area contributed by atoms with Gasteiger partial charge in [-0.15, -0.1) is 0 Å². The molecular formula is C12H24BrN. The van der Waals surface area contributed by atoms with E-state index >= 15 is 0 Å². The highest BCUT2D eigenvalue weighted by Gasteiger charge is 2.30. The molecule has 14 heavy (non-hydrogen) atoms. The lowest BCUT2D eigenvalue weighted by Gasteiger charge is -2.34. The van der Waals surface area contributed by atoms with Gasteiger partial charge in [0.15, 0.2) is 0 Å². The van der Waals surface area contributed by atoms with Gasteiger partial charge in [0.2, 0.25) is 0 Å². The zero-order valence-electron chi connectivity index (χ0n) is 9.69. The van der Waals surface area contributed by atoms with E-state index in [1.807, 2.05) is 0 Å². The maximum Gasteiger partial charge on any atom is 0.0100 e. The molecule has 1 aliphatic rings. The molecule has 0 heterocycles. The second-order valence-corrected chi connectivity index (χ2v) is 5.44. The van der Waals surface area contributed by atoms with Crippen molar-refractivity contribution in [2.45, 2.75) is 45.4 Å². The van der Waals surface area contributed by atoms with Gasteiger partial charge in [-0.1, -0.05) is 48.5 Å². The van der Waals surface area contributed by atoms with E-state index in [0.29, 0.717) is 5.41 Å². The molecule has 0 aromatic heterocycles. The zero-order chi connectivity index (χ0) is 10.4. The summed E-state index contributed by atoms with van der Waals surface area (Å²) < 4.78 is 0. The molecule has 84 valence electrons. The molecule has 1 nitrogen and oxygen atoms in total. The lowest BCUT2D eigenvalue weighted by molar-refractivity contribution is 0.181. The quantitative estimate of drug-likeness (QED) is 0.552. The monoisotopic (exact) mass is 261 g/mol. The van der Waals surface area contributed by atoms with Gasteiger partial charge in [-0.25, -0.2) is 0 Å². The van der Waals surface area contributed by atoms with Crippen molar-refractivity contribution < 1.29 is 0 Å². The minimum Gasteiger partial charge on any atom is -0.306 e. The topological polar surface area (TPSA) is 3.24 Å². The van der Waals surface area contributed by atoms with E-state index in [4.69, 9.17) is 0 Å². The summed E-state index contributed by atoms with van der Waals surface area (Å²) in [6.45, 7) is 4.70. The summed E-state index contributed by atoms with van der Waals surface area (Å²) in [5.41, 5.74) is 0.571. The molecule has 0 saturated heterocycles. The van der Waals surface area contributed by atoms with Crippen LogP contribution in [0.3, 0.4) is 0 Å². The first-order valence-electron chi connectivity index (χ1n) is 5.97. The number of hydrogen-bond donors (Lipinski definition) is 0. The highest BCUT2D eigenvalue weighted by atomic mass is 79.9. The molecule has 1 rings (SSSR count). The Balaban J connectivity index is 2.53. The molecule has 0 bridgehead atoms. The standard InChI is InChI=1S/C12H24BrN/c1-3-14(2)11-12(10-13)8-6-4-5-7-9-12/h3-11H2,1-2H3. The Labute approximate surface area is 97.4 Å². The molecule has 0 amide bonds. The largest absolute Gasteiger partial charge is 0.306 e. The third-order valence-electron chi connectivity index (χ3n) is 3.59. The first-order valence-corrected chi connectivity index (χ1v) is 7.09. The molecule has 1 fully saturated rings. The van der Waals surface area contributed by atoms with Crippen molar-refractivity contribution in [1.82, 2.24) is 4.90 Å². The van der Waals surface area contributed by atoms with Gasteiger partial charge in [-0.05, 0) is 31.8 Å². The Hall–Kier alpha value is 0.440. The summed E-state index contributed by atoms with van der Waals surface area (Å²) in [6, 6.07) is 0. The molecule has 1 aliphatic carbocycles. The summed E-state index contributed by atoms with van der Waals surface area (Å²) in [5.74, 6) is 0. The van der Waals surface area contributed by atoms with Crippen molar-refractivity contribution >= 4 is 15.9 Å². The molecule has 0 aromatic carbocycles. The summed E-state index contributed by atoms with van der Waals surface area (Å²) in [6.07, 6.45) is 8.60. The maximum absolute atomic E-state index is 3.73. The van der Waals surface area contributed by atoms with Gasteiger partial charge in [0.05, 0.1) is 0 Å². The van der Waals surface area contributed by atoms with Crippen molar-refractivity contribution in [3.63, 3.8) is 0 Å². The molecule has 0 aliphatic heterocycles. The fourth-order valence-corrected chi connectivity index (χ4v) is 3.23. The number of nitrogens with zero attached hydrogens (tertiary/aromatic N) is 1. The Morgan fingerprint density at radius 3 is 2.14 bits per heavy atom. The van der Waals surface area contributed by atoms with Gasteiger partial charge in [0.25, 0.3) is 0 Å². The third kappa shape index (κ3) is 3.54. The molecule has 0 N–H and O–H groups in total. The van der Waals surface area contributed by atoms with Crippen LogP contribution in [-0.4, -0.2) is 30.4 Å². The van der Waals surface area contributed by atoms with Gasteiger partial charge in [-0.3, -0.25) is 0 Å². The number of rotatable bonds is 4. The summed E-state index contributed by atoms with van der Waals surface area (Å²) >= 11 is 3.73. The van der Waals surface area contributed by atoms with Crippen molar-refractivity contribution in [1.29, 1.82) is 0 Å². The molecule has 0 aromatic rings. The van der Waals surface area contributed by atoms with E-state index in [1.54, 1.807) is 0 Å². The summed E-state index contributed by atoms with van der Waals surface area (Å²) in [4.78, 5) is 2.46.